The maximum absolute atomic E-state index is 10.8. The topological polar surface area (TPSA) is 142 Å². The number of aryl methyl sites for hydroxylation is 1. The number of carbonyl (C=O) groups excluding carboxylic acids is 1. The van der Waals surface area contributed by atoms with Gasteiger partial charge in [0, 0.05) is 17.8 Å². The first-order valence-corrected chi connectivity index (χ1v) is 7.02. The van der Waals surface area contributed by atoms with Crippen molar-refractivity contribution < 1.29 is 14.6 Å². The third-order valence-electron chi connectivity index (χ3n) is 3.39. The van der Waals surface area contributed by atoms with Gasteiger partial charge < -0.3 is 25.8 Å². The Balaban J connectivity index is 1.77. The first kappa shape index (κ1) is 15.0. The van der Waals surface area contributed by atoms with E-state index in [4.69, 9.17) is 10.5 Å². The summed E-state index contributed by atoms with van der Waals surface area (Å²) in [4.78, 5) is 21.4. The summed E-state index contributed by atoms with van der Waals surface area (Å²) in [5.41, 5.74) is 5.76. The number of aliphatic hydroxyl groups is 1. The van der Waals surface area contributed by atoms with Gasteiger partial charge in [-0.2, -0.15) is 10.1 Å². The molecule has 0 unspecified atom stereocenters. The summed E-state index contributed by atoms with van der Waals surface area (Å²) in [6.07, 6.45) is -0.821. The summed E-state index contributed by atoms with van der Waals surface area (Å²) in [5, 5.41) is 19.7. The van der Waals surface area contributed by atoms with Crippen molar-refractivity contribution in [1.29, 1.82) is 0 Å². The maximum atomic E-state index is 10.8. The van der Waals surface area contributed by atoms with Crippen molar-refractivity contribution >= 4 is 23.7 Å². The van der Waals surface area contributed by atoms with Gasteiger partial charge in [-0.3, -0.25) is 5.10 Å². The van der Waals surface area contributed by atoms with Crippen LogP contribution in [0.3, 0.4) is 0 Å². The number of primary amides is 1. The lowest BCUT2D eigenvalue weighted by molar-refractivity contribution is 0.0376. The highest BCUT2D eigenvalue weighted by Gasteiger charge is 2.35. The number of aromatic amines is 1. The van der Waals surface area contributed by atoms with Crippen molar-refractivity contribution in [2.45, 2.75) is 19.1 Å². The maximum Gasteiger partial charge on any atom is 0.404 e. The number of aromatic nitrogens is 4. The first-order chi connectivity index (χ1) is 11.0. The highest BCUT2D eigenvalue weighted by atomic mass is 16.6. The van der Waals surface area contributed by atoms with Gasteiger partial charge in [-0.25, -0.2) is 9.78 Å². The van der Waals surface area contributed by atoms with Gasteiger partial charge in [-0.05, 0) is 6.92 Å². The minimum absolute atomic E-state index is 0.255. The number of hydrogen-bond acceptors (Lipinski definition) is 8. The Bertz CT molecular complexity index is 691. The Hall–Kier alpha value is -2.88. The van der Waals surface area contributed by atoms with E-state index < -0.39 is 18.3 Å². The van der Waals surface area contributed by atoms with E-state index in [0.717, 1.165) is 5.69 Å². The summed E-state index contributed by atoms with van der Waals surface area (Å²) in [6, 6.07) is 3.56. The molecule has 1 aliphatic rings. The summed E-state index contributed by atoms with van der Waals surface area (Å²) in [6.45, 7) is 2.37. The van der Waals surface area contributed by atoms with Gasteiger partial charge in [0.2, 0.25) is 5.95 Å². The molecule has 1 saturated heterocycles. The number of ether oxygens (including phenoxy) is 1. The van der Waals surface area contributed by atoms with E-state index in [1.165, 1.54) is 0 Å². The van der Waals surface area contributed by atoms with Crippen LogP contribution >= 0.6 is 0 Å². The molecule has 2 aromatic rings. The van der Waals surface area contributed by atoms with Crippen molar-refractivity contribution in [3.8, 4) is 0 Å². The molecule has 3 heterocycles. The molecule has 3 rings (SSSR count). The van der Waals surface area contributed by atoms with E-state index in [1.807, 2.05) is 6.92 Å². The Morgan fingerprint density at radius 3 is 3.04 bits per heavy atom. The van der Waals surface area contributed by atoms with Crippen molar-refractivity contribution in [2.75, 3.05) is 23.3 Å². The zero-order valence-corrected chi connectivity index (χ0v) is 12.4. The van der Waals surface area contributed by atoms with Crippen LogP contribution in [0.25, 0.3) is 0 Å². The lowest BCUT2D eigenvalue weighted by Crippen LogP contribution is -2.32. The molecule has 0 bridgehead atoms. The molecule has 10 nitrogen and oxygen atoms in total. The molecule has 23 heavy (non-hydrogen) atoms. The lowest BCUT2D eigenvalue weighted by Gasteiger charge is -2.17. The highest BCUT2D eigenvalue weighted by molar-refractivity contribution is 5.65. The van der Waals surface area contributed by atoms with E-state index in [1.54, 1.807) is 23.2 Å². The van der Waals surface area contributed by atoms with Gasteiger partial charge in [0.15, 0.2) is 0 Å². The van der Waals surface area contributed by atoms with Crippen LogP contribution < -0.4 is 16.0 Å². The van der Waals surface area contributed by atoms with Gasteiger partial charge in [0.25, 0.3) is 0 Å². The molecule has 10 heteroatoms. The number of amides is 1. The van der Waals surface area contributed by atoms with E-state index in [9.17, 15) is 9.90 Å². The zero-order chi connectivity index (χ0) is 16.4. The fourth-order valence-corrected chi connectivity index (χ4v) is 2.41. The molecule has 2 aromatic heterocycles. The molecule has 1 fully saturated rings. The number of β-amino-alcohol motifs (C(OH)–C–C–N with tert-alkyl or cyclic N) is 1. The van der Waals surface area contributed by atoms with Crippen LogP contribution in [0.1, 0.15) is 5.69 Å². The number of H-pyrrole nitrogens is 1. The Morgan fingerprint density at radius 2 is 2.35 bits per heavy atom. The number of nitrogens with one attached hydrogen (secondary N) is 2. The number of hydrogen-bond donors (Lipinski definition) is 4. The normalized spacial score (nSPS) is 20.5. The first-order valence-electron chi connectivity index (χ1n) is 7.02. The second kappa shape index (κ2) is 6.08. The van der Waals surface area contributed by atoms with Gasteiger partial charge in [-0.1, -0.05) is 0 Å². The highest BCUT2D eigenvalue weighted by Crippen LogP contribution is 2.22. The van der Waals surface area contributed by atoms with Crippen LogP contribution in [0, 0.1) is 6.92 Å². The monoisotopic (exact) mass is 319 g/mol. The average Bonchev–Trinajstić information content (AvgIpc) is 3.08. The average molecular weight is 319 g/mol. The van der Waals surface area contributed by atoms with Gasteiger partial charge in [0.1, 0.15) is 23.8 Å². The number of nitrogens with zero attached hydrogens (tertiary/aromatic N) is 4. The Kier molecular flexibility index (Phi) is 3.98. The van der Waals surface area contributed by atoms with Crippen LogP contribution in [0.2, 0.25) is 0 Å². The summed E-state index contributed by atoms with van der Waals surface area (Å²) in [5.74, 6) is 1.72. The van der Waals surface area contributed by atoms with Crippen molar-refractivity contribution in [3.05, 3.63) is 24.0 Å². The SMILES string of the molecule is Cc1cc(Nc2ccn[nH]2)nc(N2C[C@@H](O)[C@H](OC(N)=O)C2)n1. The number of aliphatic hydroxyl groups excluding tert-OH is 1. The zero-order valence-electron chi connectivity index (χ0n) is 12.4. The van der Waals surface area contributed by atoms with Crippen LogP contribution in [0.15, 0.2) is 18.3 Å². The fourth-order valence-electron chi connectivity index (χ4n) is 2.41. The molecule has 0 aromatic carbocycles. The Labute approximate surface area is 131 Å². The molecule has 0 saturated carbocycles. The number of nitrogens with two attached hydrogens (primary N) is 1. The Morgan fingerprint density at radius 1 is 1.52 bits per heavy atom. The third kappa shape index (κ3) is 3.48. The molecule has 0 spiro atoms. The van der Waals surface area contributed by atoms with E-state index >= 15 is 0 Å². The fraction of sp³-hybridized carbons (Fsp3) is 0.385. The van der Waals surface area contributed by atoms with Crippen LogP contribution in [0.4, 0.5) is 22.4 Å². The van der Waals surface area contributed by atoms with Crippen molar-refractivity contribution in [1.82, 2.24) is 20.2 Å². The summed E-state index contributed by atoms with van der Waals surface area (Å²) in [7, 11) is 0. The predicted octanol–water partition coefficient (Wildman–Crippen LogP) is -0.103. The molecular formula is C13H17N7O3. The van der Waals surface area contributed by atoms with Gasteiger partial charge >= 0.3 is 6.09 Å². The van der Waals surface area contributed by atoms with Crippen LogP contribution in [-0.4, -0.2) is 56.7 Å². The van der Waals surface area contributed by atoms with Gasteiger partial charge in [0.05, 0.1) is 19.3 Å². The quantitative estimate of drug-likeness (QED) is 0.611. The molecule has 1 aliphatic heterocycles. The van der Waals surface area contributed by atoms with Crippen LogP contribution in [0.5, 0.6) is 0 Å². The molecule has 122 valence electrons. The predicted molar refractivity (Wildman–Crippen MR) is 81.3 cm³/mol. The number of carbonyl (C=O) groups is 1. The molecular weight excluding hydrogens is 302 g/mol. The smallest absolute Gasteiger partial charge is 0.404 e. The second-order valence-electron chi connectivity index (χ2n) is 5.24. The minimum atomic E-state index is -0.914. The molecule has 5 N–H and O–H groups in total. The van der Waals surface area contributed by atoms with Crippen molar-refractivity contribution in [2.24, 2.45) is 5.73 Å². The minimum Gasteiger partial charge on any atom is -0.442 e. The van der Waals surface area contributed by atoms with Crippen molar-refractivity contribution in [3.63, 3.8) is 0 Å². The molecule has 2 atom stereocenters. The number of anilines is 3. The lowest BCUT2D eigenvalue weighted by atomic mass is 10.3. The summed E-state index contributed by atoms with van der Waals surface area (Å²) >= 11 is 0. The van der Waals surface area contributed by atoms with Crippen LogP contribution in [-0.2, 0) is 4.74 Å². The van der Waals surface area contributed by atoms with E-state index in [-0.39, 0.29) is 13.1 Å². The van der Waals surface area contributed by atoms with E-state index in [0.29, 0.717) is 17.6 Å². The second-order valence-corrected chi connectivity index (χ2v) is 5.24. The summed E-state index contributed by atoms with van der Waals surface area (Å²) < 4.78 is 4.88. The van der Waals surface area contributed by atoms with Gasteiger partial charge in [-0.15, -0.1) is 0 Å². The largest absolute Gasteiger partial charge is 0.442 e. The molecule has 0 aliphatic carbocycles. The molecule has 0 radical (unpaired) electrons. The molecule has 1 amide bonds. The standard InChI is InChI=1S/C13H17N7O3/c1-7-4-11(17-10-2-3-15-19-10)18-13(16-7)20-5-8(21)9(6-20)23-12(14)22/h2-4,8-9,21H,5-6H2,1H3,(H2,14,22)(H2,15,16,17,18,19)/t8-,9-/m1/s1. The van der Waals surface area contributed by atoms with E-state index in [2.05, 4.69) is 25.5 Å². The third-order valence-corrected chi connectivity index (χ3v) is 3.39. The number of rotatable bonds is 4.